The summed E-state index contributed by atoms with van der Waals surface area (Å²) in [6.45, 7) is 7.64. The van der Waals surface area contributed by atoms with E-state index in [1.54, 1.807) is 17.8 Å². The molecule has 1 aromatic carbocycles. The summed E-state index contributed by atoms with van der Waals surface area (Å²) in [7, 11) is 0. The zero-order valence-corrected chi connectivity index (χ0v) is 19.8. The lowest BCUT2D eigenvalue weighted by molar-refractivity contribution is 0.0893. The Balaban J connectivity index is 0.00000392. The van der Waals surface area contributed by atoms with Crippen molar-refractivity contribution in [2.75, 3.05) is 51.8 Å². The molecular weight excluding hydrogens is 492 g/mol. The van der Waals surface area contributed by atoms with Crippen LogP contribution in [0.3, 0.4) is 0 Å². The van der Waals surface area contributed by atoms with Crippen LogP contribution < -0.4 is 10.6 Å². The van der Waals surface area contributed by atoms with Crippen LogP contribution in [0, 0.1) is 11.7 Å². The van der Waals surface area contributed by atoms with Gasteiger partial charge in [-0.3, -0.25) is 4.99 Å². The number of hydrogen-bond acceptors (Lipinski definition) is 4. The van der Waals surface area contributed by atoms with Crippen LogP contribution in [0.4, 0.5) is 4.39 Å². The van der Waals surface area contributed by atoms with Crippen molar-refractivity contribution in [1.82, 2.24) is 10.6 Å². The van der Waals surface area contributed by atoms with Crippen molar-refractivity contribution >= 4 is 41.7 Å². The third-order valence-corrected chi connectivity index (χ3v) is 5.20. The SMILES string of the molecule is CCNC(=NCCCOCC1CCOC1)NCCSCc1ccccc1F.I. The minimum atomic E-state index is -0.129. The Morgan fingerprint density at radius 1 is 1.36 bits per heavy atom. The van der Waals surface area contributed by atoms with Crippen LogP contribution in [-0.2, 0) is 15.2 Å². The van der Waals surface area contributed by atoms with Gasteiger partial charge in [-0.1, -0.05) is 18.2 Å². The van der Waals surface area contributed by atoms with Crippen molar-refractivity contribution in [2.45, 2.75) is 25.5 Å². The Hall–Kier alpha value is -0.580. The molecule has 0 amide bonds. The van der Waals surface area contributed by atoms with E-state index in [1.807, 2.05) is 12.1 Å². The van der Waals surface area contributed by atoms with Gasteiger partial charge in [0, 0.05) is 50.3 Å². The summed E-state index contributed by atoms with van der Waals surface area (Å²) in [6.07, 6.45) is 2.02. The fraction of sp³-hybridized carbons (Fsp3) is 0.650. The number of hydrogen-bond donors (Lipinski definition) is 2. The molecule has 1 heterocycles. The first kappa shape index (κ1) is 25.5. The van der Waals surface area contributed by atoms with E-state index in [0.717, 1.165) is 76.2 Å². The summed E-state index contributed by atoms with van der Waals surface area (Å²) >= 11 is 1.71. The van der Waals surface area contributed by atoms with Crippen molar-refractivity contribution in [3.05, 3.63) is 35.6 Å². The van der Waals surface area contributed by atoms with E-state index >= 15 is 0 Å². The molecule has 1 unspecified atom stereocenters. The van der Waals surface area contributed by atoms with Gasteiger partial charge in [0.15, 0.2) is 5.96 Å². The van der Waals surface area contributed by atoms with E-state index < -0.39 is 0 Å². The van der Waals surface area contributed by atoms with Gasteiger partial charge >= 0.3 is 0 Å². The fourth-order valence-electron chi connectivity index (χ4n) is 2.70. The number of guanidine groups is 1. The molecule has 160 valence electrons. The minimum absolute atomic E-state index is 0. The normalized spacial score (nSPS) is 16.6. The molecule has 0 spiro atoms. The van der Waals surface area contributed by atoms with Crippen LogP contribution in [0.2, 0.25) is 0 Å². The predicted octanol–water partition coefficient (Wildman–Crippen LogP) is 3.68. The van der Waals surface area contributed by atoms with Crippen LogP contribution in [0.25, 0.3) is 0 Å². The minimum Gasteiger partial charge on any atom is -0.381 e. The molecule has 0 saturated carbocycles. The molecule has 1 aromatic rings. The average Bonchev–Trinajstić information content (AvgIpc) is 3.19. The summed E-state index contributed by atoms with van der Waals surface area (Å²) in [6, 6.07) is 6.94. The van der Waals surface area contributed by atoms with Crippen molar-refractivity contribution in [2.24, 2.45) is 10.9 Å². The number of thioether (sulfide) groups is 1. The van der Waals surface area contributed by atoms with Crippen LogP contribution >= 0.6 is 35.7 Å². The summed E-state index contributed by atoms with van der Waals surface area (Å²) in [5, 5.41) is 6.57. The lowest BCUT2D eigenvalue weighted by Gasteiger charge is -2.11. The van der Waals surface area contributed by atoms with E-state index in [-0.39, 0.29) is 29.8 Å². The largest absolute Gasteiger partial charge is 0.381 e. The van der Waals surface area contributed by atoms with Crippen LogP contribution in [0.15, 0.2) is 29.3 Å². The smallest absolute Gasteiger partial charge is 0.191 e. The molecule has 5 nitrogen and oxygen atoms in total. The van der Waals surface area contributed by atoms with E-state index in [0.29, 0.717) is 11.7 Å². The molecule has 1 aliphatic rings. The lowest BCUT2D eigenvalue weighted by Crippen LogP contribution is -2.38. The lowest BCUT2D eigenvalue weighted by atomic mass is 10.1. The van der Waals surface area contributed by atoms with Gasteiger partial charge in [-0.15, -0.1) is 24.0 Å². The van der Waals surface area contributed by atoms with Gasteiger partial charge in [0.2, 0.25) is 0 Å². The zero-order valence-electron chi connectivity index (χ0n) is 16.6. The number of rotatable bonds is 12. The highest BCUT2D eigenvalue weighted by molar-refractivity contribution is 14.0. The highest BCUT2D eigenvalue weighted by Crippen LogP contribution is 2.14. The molecule has 0 radical (unpaired) electrons. The standard InChI is InChI=1S/C20H32FN3O2S.HI/c1-2-22-20(23-9-5-11-25-14-17-8-12-26-15-17)24-10-13-27-16-18-6-3-4-7-19(18)21;/h3-4,6-7,17H,2,5,8-16H2,1H3,(H2,22,23,24);1H. The quantitative estimate of drug-likeness (QED) is 0.189. The predicted molar refractivity (Wildman–Crippen MR) is 126 cm³/mol. The number of nitrogens with zero attached hydrogens (tertiary/aromatic N) is 1. The Bertz CT molecular complexity index is 560. The first-order valence-corrected chi connectivity index (χ1v) is 10.9. The summed E-state index contributed by atoms with van der Waals surface area (Å²) in [5.41, 5.74) is 0.757. The maximum Gasteiger partial charge on any atom is 0.191 e. The number of nitrogens with one attached hydrogen (secondary N) is 2. The van der Waals surface area contributed by atoms with E-state index in [1.165, 1.54) is 6.07 Å². The summed E-state index contributed by atoms with van der Waals surface area (Å²) < 4.78 is 24.6. The summed E-state index contributed by atoms with van der Waals surface area (Å²) in [5.74, 6) is 2.84. The Morgan fingerprint density at radius 2 is 2.21 bits per heavy atom. The van der Waals surface area contributed by atoms with E-state index in [4.69, 9.17) is 9.47 Å². The Morgan fingerprint density at radius 3 is 2.96 bits per heavy atom. The fourth-order valence-corrected chi connectivity index (χ4v) is 3.55. The number of aliphatic imine (C=N–C) groups is 1. The molecule has 0 aliphatic carbocycles. The molecule has 1 atom stereocenters. The van der Waals surface area contributed by atoms with Gasteiger partial charge in [0.1, 0.15) is 5.82 Å². The maximum atomic E-state index is 13.6. The van der Waals surface area contributed by atoms with Crippen LogP contribution in [-0.4, -0.2) is 57.8 Å². The molecule has 0 bridgehead atoms. The molecule has 2 N–H and O–H groups in total. The topological polar surface area (TPSA) is 54.9 Å². The van der Waals surface area contributed by atoms with E-state index in [9.17, 15) is 4.39 Å². The maximum absolute atomic E-state index is 13.6. The monoisotopic (exact) mass is 525 g/mol. The van der Waals surface area contributed by atoms with Gasteiger partial charge in [-0.2, -0.15) is 11.8 Å². The van der Waals surface area contributed by atoms with Gasteiger partial charge in [0.25, 0.3) is 0 Å². The molecule has 1 aliphatic heterocycles. The molecular formula is C20H33FIN3O2S. The zero-order chi connectivity index (χ0) is 19.2. The van der Waals surface area contributed by atoms with Crippen LogP contribution in [0.5, 0.6) is 0 Å². The Kier molecular flexibility index (Phi) is 14.8. The molecule has 2 rings (SSSR count). The second kappa shape index (κ2) is 16.2. The van der Waals surface area contributed by atoms with Crippen molar-refractivity contribution in [1.29, 1.82) is 0 Å². The van der Waals surface area contributed by atoms with Crippen molar-refractivity contribution in [3.8, 4) is 0 Å². The van der Waals surface area contributed by atoms with E-state index in [2.05, 4.69) is 22.5 Å². The second-order valence-electron chi connectivity index (χ2n) is 6.49. The van der Waals surface area contributed by atoms with Gasteiger partial charge < -0.3 is 20.1 Å². The molecule has 8 heteroatoms. The average molecular weight is 525 g/mol. The van der Waals surface area contributed by atoms with Gasteiger partial charge in [0.05, 0.1) is 13.2 Å². The number of ether oxygens (including phenoxy) is 2. The van der Waals surface area contributed by atoms with Crippen molar-refractivity contribution in [3.63, 3.8) is 0 Å². The third kappa shape index (κ3) is 10.8. The first-order chi connectivity index (χ1) is 13.3. The Labute approximate surface area is 189 Å². The van der Waals surface area contributed by atoms with Crippen LogP contribution in [0.1, 0.15) is 25.3 Å². The molecule has 28 heavy (non-hydrogen) atoms. The van der Waals surface area contributed by atoms with Crippen molar-refractivity contribution < 1.29 is 13.9 Å². The molecule has 1 fully saturated rings. The molecule has 0 aromatic heterocycles. The second-order valence-corrected chi connectivity index (χ2v) is 7.59. The number of halogens is 2. The third-order valence-electron chi connectivity index (χ3n) is 4.19. The molecule has 1 saturated heterocycles. The highest BCUT2D eigenvalue weighted by Gasteiger charge is 2.15. The van der Waals surface area contributed by atoms with Gasteiger partial charge in [-0.25, -0.2) is 4.39 Å². The first-order valence-electron chi connectivity index (χ1n) is 9.78. The number of benzene rings is 1. The highest BCUT2D eigenvalue weighted by atomic mass is 127. The summed E-state index contributed by atoms with van der Waals surface area (Å²) in [4.78, 5) is 4.57. The van der Waals surface area contributed by atoms with Gasteiger partial charge in [-0.05, 0) is 31.4 Å².